The molecule has 2 atom stereocenters. The fraction of sp³-hybridized carbons (Fsp3) is 0.615. The molecule has 0 aromatic heterocycles. The molecule has 0 bridgehead atoms. The van der Waals surface area contributed by atoms with Gasteiger partial charge in [0.15, 0.2) is 0 Å². The van der Waals surface area contributed by atoms with E-state index in [0.717, 1.165) is 4.90 Å². The molecule has 2 unspecified atom stereocenters. The minimum atomic E-state index is -0.776. The van der Waals surface area contributed by atoms with Gasteiger partial charge in [0.25, 0.3) is 0 Å². The van der Waals surface area contributed by atoms with Gasteiger partial charge in [-0.1, -0.05) is 0 Å². The van der Waals surface area contributed by atoms with Crippen LogP contribution in [0.15, 0.2) is 5.10 Å². The van der Waals surface area contributed by atoms with Gasteiger partial charge in [-0.15, -0.1) is 0 Å². The largest absolute Gasteiger partial charge is 0.350 e. The molecule has 5 amide bonds. The smallest absolute Gasteiger partial charge is 0.332 e. The standard InChI is InChI=1S/C13H19N5O4/c1-17(2)10(19)6-18-11(20)8-4-3-7(15-16-13(14)22)5-9(8)12(18)21/h8-9H,3-6H2,1-2H3,(H3,14,16,22)/b15-7-. The lowest BCUT2D eigenvalue weighted by atomic mass is 9.80. The summed E-state index contributed by atoms with van der Waals surface area (Å²) in [6.07, 6.45) is 1.28. The van der Waals surface area contributed by atoms with Gasteiger partial charge in [0, 0.05) is 19.8 Å². The Morgan fingerprint density at radius 1 is 1.32 bits per heavy atom. The summed E-state index contributed by atoms with van der Waals surface area (Å²) in [6.45, 7) is -0.232. The van der Waals surface area contributed by atoms with Crippen LogP contribution in [0.4, 0.5) is 4.79 Å². The van der Waals surface area contributed by atoms with Gasteiger partial charge in [0.05, 0.1) is 11.8 Å². The number of hydrazone groups is 1. The van der Waals surface area contributed by atoms with Crippen LogP contribution in [-0.4, -0.2) is 59.9 Å². The number of nitrogens with one attached hydrogen (secondary N) is 1. The molecule has 1 saturated heterocycles. The fourth-order valence-corrected chi connectivity index (χ4v) is 2.75. The molecule has 1 heterocycles. The molecule has 120 valence electrons. The zero-order chi connectivity index (χ0) is 16.4. The average molecular weight is 309 g/mol. The van der Waals surface area contributed by atoms with Crippen LogP contribution in [0, 0.1) is 11.8 Å². The first kappa shape index (κ1) is 15.9. The number of amides is 5. The van der Waals surface area contributed by atoms with Crippen molar-refractivity contribution in [3.05, 3.63) is 0 Å². The summed E-state index contributed by atoms with van der Waals surface area (Å²) in [6, 6.07) is -0.776. The molecule has 1 aliphatic heterocycles. The lowest BCUT2D eigenvalue weighted by Gasteiger charge is -2.21. The Morgan fingerprint density at radius 2 is 1.95 bits per heavy atom. The molecule has 1 aliphatic carbocycles. The Bertz CT molecular complexity index is 557. The van der Waals surface area contributed by atoms with E-state index in [9.17, 15) is 19.2 Å². The second-order valence-electron chi connectivity index (χ2n) is 5.66. The van der Waals surface area contributed by atoms with E-state index in [1.54, 1.807) is 14.1 Å². The van der Waals surface area contributed by atoms with E-state index in [0.29, 0.717) is 25.0 Å². The molecule has 0 radical (unpaired) electrons. The second kappa shape index (κ2) is 6.12. The molecule has 2 aliphatic rings. The molecule has 0 aromatic carbocycles. The van der Waals surface area contributed by atoms with Gasteiger partial charge in [0.1, 0.15) is 6.54 Å². The maximum atomic E-state index is 12.4. The summed E-state index contributed by atoms with van der Waals surface area (Å²) in [4.78, 5) is 49.4. The minimum absolute atomic E-state index is 0.232. The van der Waals surface area contributed by atoms with Crippen molar-refractivity contribution in [2.75, 3.05) is 20.6 Å². The van der Waals surface area contributed by atoms with Crippen molar-refractivity contribution in [2.45, 2.75) is 19.3 Å². The zero-order valence-corrected chi connectivity index (χ0v) is 12.5. The molecule has 9 heteroatoms. The Hall–Kier alpha value is -2.45. The normalized spacial score (nSPS) is 26.1. The quantitative estimate of drug-likeness (QED) is 0.506. The molecular formula is C13H19N5O4. The first-order valence-electron chi connectivity index (χ1n) is 6.97. The number of imide groups is 1. The van der Waals surface area contributed by atoms with E-state index < -0.39 is 17.9 Å². The third-order valence-electron chi connectivity index (χ3n) is 3.97. The van der Waals surface area contributed by atoms with E-state index in [1.165, 1.54) is 4.90 Å². The molecule has 0 aromatic rings. The highest BCUT2D eigenvalue weighted by Crippen LogP contribution is 2.37. The van der Waals surface area contributed by atoms with Crippen molar-refractivity contribution in [3.8, 4) is 0 Å². The van der Waals surface area contributed by atoms with E-state index in [1.807, 2.05) is 0 Å². The minimum Gasteiger partial charge on any atom is -0.350 e. The highest BCUT2D eigenvalue weighted by molar-refractivity contribution is 6.09. The number of carbonyl (C=O) groups is 4. The Morgan fingerprint density at radius 3 is 2.55 bits per heavy atom. The lowest BCUT2D eigenvalue weighted by molar-refractivity contribution is -0.145. The van der Waals surface area contributed by atoms with E-state index in [2.05, 4.69) is 10.5 Å². The number of primary amides is 1. The van der Waals surface area contributed by atoms with Crippen LogP contribution in [-0.2, 0) is 14.4 Å². The van der Waals surface area contributed by atoms with Crippen molar-refractivity contribution in [2.24, 2.45) is 22.7 Å². The molecule has 2 fully saturated rings. The topological polar surface area (TPSA) is 125 Å². The van der Waals surface area contributed by atoms with Crippen molar-refractivity contribution < 1.29 is 19.2 Å². The van der Waals surface area contributed by atoms with Gasteiger partial charge in [-0.25, -0.2) is 10.2 Å². The average Bonchev–Trinajstić information content (AvgIpc) is 2.69. The van der Waals surface area contributed by atoms with Crippen molar-refractivity contribution in [1.82, 2.24) is 15.2 Å². The van der Waals surface area contributed by atoms with Gasteiger partial charge in [-0.3, -0.25) is 19.3 Å². The number of urea groups is 1. The van der Waals surface area contributed by atoms with Gasteiger partial charge < -0.3 is 10.6 Å². The first-order chi connectivity index (χ1) is 10.3. The van der Waals surface area contributed by atoms with Crippen LogP contribution in [0.3, 0.4) is 0 Å². The van der Waals surface area contributed by atoms with Crippen molar-refractivity contribution in [3.63, 3.8) is 0 Å². The number of nitrogens with zero attached hydrogens (tertiary/aromatic N) is 3. The SMILES string of the molecule is CN(C)C(=O)CN1C(=O)C2CC/C(=N/NC(N)=O)CC2C1=O. The van der Waals surface area contributed by atoms with Crippen molar-refractivity contribution >= 4 is 29.5 Å². The van der Waals surface area contributed by atoms with Gasteiger partial charge in [-0.2, -0.15) is 5.10 Å². The predicted octanol–water partition coefficient (Wildman–Crippen LogP) is -1.12. The summed E-state index contributed by atoms with van der Waals surface area (Å²) in [5, 5.41) is 3.85. The number of nitrogens with two attached hydrogens (primary N) is 1. The monoisotopic (exact) mass is 309 g/mol. The summed E-state index contributed by atoms with van der Waals surface area (Å²) >= 11 is 0. The summed E-state index contributed by atoms with van der Waals surface area (Å²) in [5.41, 5.74) is 7.70. The molecule has 3 N–H and O–H groups in total. The highest BCUT2D eigenvalue weighted by Gasteiger charge is 2.49. The zero-order valence-electron chi connectivity index (χ0n) is 12.5. The molecule has 2 rings (SSSR count). The molecule has 1 saturated carbocycles. The van der Waals surface area contributed by atoms with Crippen LogP contribution >= 0.6 is 0 Å². The van der Waals surface area contributed by atoms with Crippen molar-refractivity contribution in [1.29, 1.82) is 0 Å². The third-order valence-corrected chi connectivity index (χ3v) is 3.97. The molecule has 22 heavy (non-hydrogen) atoms. The number of fused-ring (bicyclic) bond motifs is 1. The van der Waals surface area contributed by atoms with Gasteiger partial charge in [-0.05, 0) is 19.3 Å². The summed E-state index contributed by atoms with van der Waals surface area (Å²) < 4.78 is 0. The number of hydrogen-bond donors (Lipinski definition) is 2. The second-order valence-corrected chi connectivity index (χ2v) is 5.66. The van der Waals surface area contributed by atoms with E-state index >= 15 is 0 Å². The first-order valence-corrected chi connectivity index (χ1v) is 6.97. The van der Waals surface area contributed by atoms with E-state index in [4.69, 9.17) is 5.73 Å². The lowest BCUT2D eigenvalue weighted by Crippen LogP contribution is -2.40. The maximum Gasteiger partial charge on any atom is 0.332 e. The van der Waals surface area contributed by atoms with Crippen LogP contribution < -0.4 is 11.2 Å². The van der Waals surface area contributed by atoms with Crippen LogP contribution in [0.5, 0.6) is 0 Å². The Labute approximate surface area is 127 Å². The Balaban J connectivity index is 2.09. The fourth-order valence-electron chi connectivity index (χ4n) is 2.75. The van der Waals surface area contributed by atoms with Gasteiger partial charge >= 0.3 is 6.03 Å². The predicted molar refractivity (Wildman–Crippen MR) is 76.4 cm³/mol. The number of hydrogen-bond acceptors (Lipinski definition) is 5. The van der Waals surface area contributed by atoms with Crippen LogP contribution in [0.25, 0.3) is 0 Å². The number of likely N-dealkylation sites (tertiary alicyclic amines) is 1. The highest BCUT2D eigenvalue weighted by atomic mass is 16.2. The summed E-state index contributed by atoms with van der Waals surface area (Å²) in [5.74, 6) is -1.87. The molecule has 9 nitrogen and oxygen atoms in total. The van der Waals surface area contributed by atoms with E-state index in [-0.39, 0.29) is 24.3 Å². The molecule has 0 spiro atoms. The number of rotatable bonds is 3. The van der Waals surface area contributed by atoms with Crippen LogP contribution in [0.2, 0.25) is 0 Å². The third kappa shape index (κ3) is 3.07. The van der Waals surface area contributed by atoms with Crippen LogP contribution in [0.1, 0.15) is 19.3 Å². The van der Waals surface area contributed by atoms with Gasteiger partial charge in [0.2, 0.25) is 17.7 Å². The summed E-state index contributed by atoms with van der Waals surface area (Å²) in [7, 11) is 3.14. The Kier molecular flexibility index (Phi) is 4.43. The molecular weight excluding hydrogens is 290 g/mol. The maximum absolute atomic E-state index is 12.4. The number of carbonyl (C=O) groups excluding carboxylic acids is 4. The number of likely N-dealkylation sites (N-methyl/N-ethyl adjacent to an activating group) is 1.